The second-order valence-electron chi connectivity index (χ2n) is 3.42. The van der Waals surface area contributed by atoms with E-state index in [2.05, 4.69) is 5.32 Å². The lowest BCUT2D eigenvalue weighted by molar-refractivity contribution is 0.0716. The van der Waals surface area contributed by atoms with Crippen LogP contribution in [0.15, 0.2) is 12.1 Å². The largest absolute Gasteiger partial charge is 0.493 e. The third-order valence-electron chi connectivity index (χ3n) is 2.40. The summed E-state index contributed by atoms with van der Waals surface area (Å²) >= 11 is 0. The molecule has 0 bridgehead atoms. The molecule has 0 unspecified atom stereocenters. The highest BCUT2D eigenvalue weighted by Crippen LogP contribution is 2.34. The van der Waals surface area contributed by atoms with Crippen LogP contribution in [0.25, 0.3) is 0 Å². The van der Waals surface area contributed by atoms with Crippen LogP contribution in [0.4, 0.5) is 5.69 Å². The molecule has 0 saturated heterocycles. The van der Waals surface area contributed by atoms with Gasteiger partial charge in [-0.1, -0.05) is 0 Å². The molecular formula is C11H12N2O4. The minimum Gasteiger partial charge on any atom is -0.493 e. The van der Waals surface area contributed by atoms with Crippen LogP contribution in [0.1, 0.15) is 10.4 Å². The van der Waals surface area contributed by atoms with Crippen molar-refractivity contribution in [3.63, 3.8) is 0 Å². The zero-order valence-corrected chi connectivity index (χ0v) is 9.49. The van der Waals surface area contributed by atoms with E-state index in [0.717, 1.165) is 0 Å². The third-order valence-corrected chi connectivity index (χ3v) is 2.40. The smallest absolute Gasteiger partial charge is 0.346 e. The van der Waals surface area contributed by atoms with Gasteiger partial charge < -0.3 is 19.5 Å². The molecule has 0 amide bonds. The van der Waals surface area contributed by atoms with Gasteiger partial charge in [0.2, 0.25) is 5.90 Å². The van der Waals surface area contributed by atoms with Crippen LogP contribution in [0, 0.1) is 5.41 Å². The first kappa shape index (κ1) is 11.3. The molecule has 1 heterocycles. The summed E-state index contributed by atoms with van der Waals surface area (Å²) < 4.78 is 15.0. The Hall–Kier alpha value is -2.24. The molecule has 1 aliphatic rings. The predicted molar refractivity (Wildman–Crippen MR) is 61.2 cm³/mol. The Morgan fingerprint density at radius 2 is 1.94 bits per heavy atom. The van der Waals surface area contributed by atoms with Crippen LogP contribution in [-0.2, 0) is 4.74 Å². The van der Waals surface area contributed by atoms with Gasteiger partial charge in [-0.3, -0.25) is 5.41 Å². The van der Waals surface area contributed by atoms with E-state index in [-0.39, 0.29) is 12.4 Å². The van der Waals surface area contributed by atoms with Crippen molar-refractivity contribution in [3.8, 4) is 11.5 Å². The Bertz CT molecular complexity index is 485. The SMILES string of the molecule is COc1cc2c(cc1OC)C(=O)OC(=N)CN2. The van der Waals surface area contributed by atoms with Crippen molar-refractivity contribution >= 4 is 17.6 Å². The molecule has 0 fully saturated rings. The van der Waals surface area contributed by atoms with Crippen molar-refractivity contribution in [2.75, 3.05) is 26.1 Å². The van der Waals surface area contributed by atoms with Crippen molar-refractivity contribution in [2.24, 2.45) is 0 Å². The maximum absolute atomic E-state index is 11.7. The van der Waals surface area contributed by atoms with E-state index in [9.17, 15) is 4.79 Å². The average molecular weight is 236 g/mol. The third kappa shape index (κ3) is 2.01. The molecule has 0 aromatic heterocycles. The van der Waals surface area contributed by atoms with Crippen molar-refractivity contribution < 1.29 is 19.0 Å². The first-order chi connectivity index (χ1) is 8.15. The van der Waals surface area contributed by atoms with Crippen molar-refractivity contribution in [1.29, 1.82) is 5.41 Å². The molecule has 1 aliphatic heterocycles. The maximum atomic E-state index is 11.7. The number of nitrogens with one attached hydrogen (secondary N) is 2. The highest BCUT2D eigenvalue weighted by atomic mass is 16.5. The molecule has 6 nitrogen and oxygen atoms in total. The van der Waals surface area contributed by atoms with Gasteiger partial charge in [0.1, 0.15) is 0 Å². The van der Waals surface area contributed by atoms with Gasteiger partial charge in [-0.15, -0.1) is 0 Å². The first-order valence-electron chi connectivity index (χ1n) is 4.95. The van der Waals surface area contributed by atoms with Gasteiger partial charge in [0.25, 0.3) is 0 Å². The summed E-state index contributed by atoms with van der Waals surface area (Å²) in [7, 11) is 3.00. The molecule has 0 aliphatic carbocycles. The fraction of sp³-hybridized carbons (Fsp3) is 0.273. The first-order valence-corrected chi connectivity index (χ1v) is 4.95. The Kier molecular flexibility index (Phi) is 2.86. The Morgan fingerprint density at radius 1 is 1.29 bits per heavy atom. The monoisotopic (exact) mass is 236 g/mol. The quantitative estimate of drug-likeness (QED) is 0.755. The lowest BCUT2D eigenvalue weighted by Gasteiger charge is -2.11. The molecule has 0 atom stereocenters. The second kappa shape index (κ2) is 4.32. The second-order valence-corrected chi connectivity index (χ2v) is 3.42. The van der Waals surface area contributed by atoms with E-state index < -0.39 is 5.97 Å². The molecule has 90 valence electrons. The molecule has 2 N–H and O–H groups in total. The summed E-state index contributed by atoms with van der Waals surface area (Å²) in [5, 5.41) is 10.3. The summed E-state index contributed by atoms with van der Waals surface area (Å²) in [5.41, 5.74) is 0.889. The van der Waals surface area contributed by atoms with E-state index in [0.29, 0.717) is 22.7 Å². The fourth-order valence-corrected chi connectivity index (χ4v) is 1.57. The zero-order valence-electron chi connectivity index (χ0n) is 9.49. The molecule has 2 rings (SSSR count). The summed E-state index contributed by atoms with van der Waals surface area (Å²) in [4.78, 5) is 11.7. The Morgan fingerprint density at radius 3 is 2.59 bits per heavy atom. The van der Waals surface area contributed by atoms with Crippen LogP contribution < -0.4 is 14.8 Å². The van der Waals surface area contributed by atoms with Gasteiger partial charge >= 0.3 is 5.97 Å². The van der Waals surface area contributed by atoms with E-state index in [1.165, 1.54) is 20.3 Å². The number of esters is 1. The number of hydrogen-bond acceptors (Lipinski definition) is 6. The molecular weight excluding hydrogens is 224 g/mol. The van der Waals surface area contributed by atoms with E-state index in [1.54, 1.807) is 6.07 Å². The molecule has 0 spiro atoms. The number of carbonyl (C=O) groups excluding carboxylic acids is 1. The van der Waals surface area contributed by atoms with Gasteiger partial charge in [-0.05, 0) is 0 Å². The Labute approximate surface area is 98.0 Å². The number of fused-ring (bicyclic) bond motifs is 1. The van der Waals surface area contributed by atoms with Crippen molar-refractivity contribution in [2.45, 2.75) is 0 Å². The topological polar surface area (TPSA) is 80.6 Å². The van der Waals surface area contributed by atoms with Crippen LogP contribution in [0.3, 0.4) is 0 Å². The van der Waals surface area contributed by atoms with Crippen molar-refractivity contribution in [3.05, 3.63) is 17.7 Å². The molecule has 6 heteroatoms. The molecule has 0 radical (unpaired) electrons. The summed E-state index contributed by atoms with van der Waals surface area (Å²) in [6.07, 6.45) is 0. The highest BCUT2D eigenvalue weighted by molar-refractivity contribution is 6.05. The number of ether oxygens (including phenoxy) is 3. The fourth-order valence-electron chi connectivity index (χ4n) is 1.57. The lowest BCUT2D eigenvalue weighted by atomic mass is 10.1. The lowest BCUT2D eigenvalue weighted by Crippen LogP contribution is -2.14. The molecule has 1 aromatic rings. The van der Waals surface area contributed by atoms with Gasteiger partial charge in [-0.25, -0.2) is 4.79 Å². The van der Waals surface area contributed by atoms with Crippen LogP contribution >= 0.6 is 0 Å². The summed E-state index contributed by atoms with van der Waals surface area (Å²) in [6.45, 7) is 0.161. The summed E-state index contributed by atoms with van der Waals surface area (Å²) in [6, 6.07) is 3.18. The van der Waals surface area contributed by atoms with Crippen LogP contribution in [0.2, 0.25) is 0 Å². The molecule has 1 aromatic carbocycles. The predicted octanol–water partition coefficient (Wildman–Crippen LogP) is 1.26. The number of benzene rings is 1. The average Bonchev–Trinajstić information content (AvgIpc) is 2.47. The van der Waals surface area contributed by atoms with Gasteiger partial charge in [0.05, 0.1) is 32.0 Å². The summed E-state index contributed by atoms with van der Waals surface area (Å²) in [5.74, 6) is 0.262. The van der Waals surface area contributed by atoms with Gasteiger partial charge in [0, 0.05) is 12.1 Å². The number of cyclic esters (lactones) is 1. The zero-order chi connectivity index (χ0) is 12.4. The Balaban J connectivity index is 2.52. The number of methoxy groups -OCH3 is 2. The normalized spacial score (nSPS) is 14.2. The van der Waals surface area contributed by atoms with Gasteiger partial charge in [0.15, 0.2) is 11.5 Å². The highest BCUT2D eigenvalue weighted by Gasteiger charge is 2.22. The minimum atomic E-state index is -0.573. The molecule has 0 saturated carbocycles. The number of anilines is 1. The van der Waals surface area contributed by atoms with E-state index >= 15 is 0 Å². The number of rotatable bonds is 2. The maximum Gasteiger partial charge on any atom is 0.346 e. The van der Waals surface area contributed by atoms with Gasteiger partial charge in [-0.2, -0.15) is 0 Å². The number of hydrogen-bond donors (Lipinski definition) is 2. The van der Waals surface area contributed by atoms with Crippen molar-refractivity contribution in [1.82, 2.24) is 0 Å². The van der Waals surface area contributed by atoms with Crippen LogP contribution in [-0.4, -0.2) is 32.6 Å². The van der Waals surface area contributed by atoms with E-state index in [1.807, 2.05) is 0 Å². The van der Waals surface area contributed by atoms with Crippen LogP contribution in [0.5, 0.6) is 11.5 Å². The number of carbonyl (C=O) groups is 1. The van der Waals surface area contributed by atoms with E-state index in [4.69, 9.17) is 19.6 Å². The minimum absolute atomic E-state index is 0.121. The standard InChI is InChI=1S/C11H12N2O4/c1-15-8-3-6-7(4-9(8)16-2)13-5-10(12)17-11(6)14/h3-4,12-13H,5H2,1-2H3. The molecule has 17 heavy (non-hydrogen) atoms.